The average molecular weight is 260 g/mol. The second-order valence-corrected chi connectivity index (χ2v) is 5.33. The zero-order chi connectivity index (χ0) is 12.6. The molecule has 0 fully saturated rings. The van der Waals surface area contributed by atoms with Gasteiger partial charge in [-0.15, -0.1) is 0 Å². The van der Waals surface area contributed by atoms with Gasteiger partial charge in [-0.25, -0.2) is 0 Å². The molecule has 0 bridgehead atoms. The van der Waals surface area contributed by atoms with Crippen LogP contribution in [0.4, 0.5) is 0 Å². The quantitative estimate of drug-likeness (QED) is 0.571. The summed E-state index contributed by atoms with van der Waals surface area (Å²) in [6.45, 7) is 0.515. The van der Waals surface area contributed by atoms with E-state index in [2.05, 4.69) is 0 Å². The third kappa shape index (κ3) is 6.44. The molecule has 5 nitrogen and oxygen atoms in total. The lowest BCUT2D eigenvalue weighted by Crippen LogP contribution is -2.08. The minimum absolute atomic E-state index is 0.00512. The fraction of sp³-hybridized carbons (Fsp3) is 0.455. The Morgan fingerprint density at radius 2 is 1.88 bits per heavy atom. The first kappa shape index (κ1) is 14.2. The summed E-state index contributed by atoms with van der Waals surface area (Å²) in [5.41, 5.74) is 0. The number of para-hydroxylation sites is 1. The van der Waals surface area contributed by atoms with E-state index >= 15 is 0 Å². The molecule has 0 amide bonds. The summed E-state index contributed by atoms with van der Waals surface area (Å²) in [7, 11) is -2.06. The highest BCUT2D eigenvalue weighted by Crippen LogP contribution is 2.40. The Morgan fingerprint density at radius 3 is 2.53 bits per heavy atom. The first-order chi connectivity index (χ1) is 8.14. The topological polar surface area (TPSA) is 65.0 Å². The molecule has 96 valence electrons. The van der Waals surface area contributed by atoms with Crippen LogP contribution in [0.1, 0.15) is 0 Å². The van der Waals surface area contributed by atoms with Gasteiger partial charge < -0.3 is 18.9 Å². The van der Waals surface area contributed by atoms with Gasteiger partial charge in [0.15, 0.2) is 0 Å². The van der Waals surface area contributed by atoms with Gasteiger partial charge in [0.25, 0.3) is 0 Å². The largest absolute Gasteiger partial charge is 0.491 e. The third-order valence-corrected chi connectivity index (χ3v) is 3.30. The second kappa shape index (κ2) is 7.45. The highest BCUT2D eigenvalue weighted by atomic mass is 31.2. The number of ether oxygens (including phenoxy) is 2. The van der Waals surface area contributed by atoms with Gasteiger partial charge in [0.05, 0.1) is 19.4 Å². The molecular formula is C11H17O5P. The van der Waals surface area contributed by atoms with E-state index < -0.39 is 7.60 Å². The minimum Gasteiger partial charge on any atom is -0.491 e. The van der Waals surface area contributed by atoms with Crippen LogP contribution in [-0.4, -0.2) is 38.0 Å². The summed E-state index contributed by atoms with van der Waals surface area (Å²) in [6.07, 6.45) is -0.00512. The molecule has 0 aromatic heterocycles. The summed E-state index contributed by atoms with van der Waals surface area (Å²) < 4.78 is 26.3. The Hall–Kier alpha value is -0.870. The van der Waals surface area contributed by atoms with Gasteiger partial charge in [0.2, 0.25) is 0 Å². The van der Waals surface area contributed by atoms with Crippen LogP contribution >= 0.6 is 7.60 Å². The van der Waals surface area contributed by atoms with E-state index in [0.29, 0.717) is 5.75 Å². The summed E-state index contributed by atoms with van der Waals surface area (Å²) >= 11 is 0. The first-order valence-electron chi connectivity index (χ1n) is 5.27. The Balaban J connectivity index is 2.17. The highest BCUT2D eigenvalue weighted by Gasteiger charge is 2.18. The normalized spacial score (nSPS) is 14.2. The highest BCUT2D eigenvalue weighted by molar-refractivity contribution is 7.52. The van der Waals surface area contributed by atoms with Crippen molar-refractivity contribution in [3.05, 3.63) is 30.3 Å². The summed E-state index contributed by atoms with van der Waals surface area (Å²) in [6, 6.07) is 9.21. The van der Waals surface area contributed by atoms with Crippen molar-refractivity contribution < 1.29 is 23.5 Å². The standard InChI is InChI=1S/C11H17O5P/c1-14-9-10-17(12,13)16-8-7-15-11-5-3-2-4-6-11/h2-6H,7-10H2,1H3,(H,12,13). The predicted octanol–water partition coefficient (Wildman–Crippen LogP) is 1.91. The smallest absolute Gasteiger partial charge is 0.330 e. The Kier molecular flexibility index (Phi) is 6.22. The van der Waals surface area contributed by atoms with Crippen LogP contribution in [0.3, 0.4) is 0 Å². The van der Waals surface area contributed by atoms with Crippen LogP contribution in [0, 0.1) is 0 Å². The first-order valence-corrected chi connectivity index (χ1v) is 7.03. The molecule has 1 atom stereocenters. The Bertz CT molecular complexity index is 354. The van der Waals surface area contributed by atoms with Crippen molar-refractivity contribution in [2.45, 2.75) is 0 Å². The maximum absolute atomic E-state index is 11.4. The molecular weight excluding hydrogens is 243 g/mol. The van der Waals surface area contributed by atoms with Crippen LogP contribution in [0.2, 0.25) is 0 Å². The lowest BCUT2D eigenvalue weighted by molar-refractivity contribution is 0.181. The number of rotatable bonds is 8. The van der Waals surface area contributed by atoms with Gasteiger partial charge in [-0.05, 0) is 12.1 Å². The van der Waals surface area contributed by atoms with E-state index in [0.717, 1.165) is 0 Å². The molecule has 0 saturated heterocycles. The Labute approximate surface area is 101 Å². The third-order valence-electron chi connectivity index (χ3n) is 1.97. The van der Waals surface area contributed by atoms with Gasteiger partial charge in [-0.3, -0.25) is 4.57 Å². The van der Waals surface area contributed by atoms with Crippen molar-refractivity contribution in [1.29, 1.82) is 0 Å². The van der Waals surface area contributed by atoms with Crippen LogP contribution < -0.4 is 4.74 Å². The fourth-order valence-corrected chi connectivity index (χ4v) is 2.03. The molecule has 1 rings (SSSR count). The van der Waals surface area contributed by atoms with Gasteiger partial charge in [-0.2, -0.15) is 0 Å². The number of methoxy groups -OCH3 is 1. The molecule has 6 heteroatoms. The molecule has 1 aromatic carbocycles. The monoisotopic (exact) mass is 260 g/mol. The summed E-state index contributed by atoms with van der Waals surface area (Å²) in [5.74, 6) is 0.709. The van der Waals surface area contributed by atoms with E-state index in [4.69, 9.17) is 14.0 Å². The van der Waals surface area contributed by atoms with Crippen molar-refractivity contribution in [3.8, 4) is 5.75 Å². The second-order valence-electron chi connectivity index (χ2n) is 3.35. The molecule has 1 aromatic rings. The number of benzene rings is 1. The van der Waals surface area contributed by atoms with Crippen LogP contribution in [0.5, 0.6) is 5.75 Å². The van der Waals surface area contributed by atoms with Crippen LogP contribution in [0.25, 0.3) is 0 Å². The molecule has 17 heavy (non-hydrogen) atoms. The zero-order valence-corrected chi connectivity index (χ0v) is 10.6. The molecule has 0 aliphatic carbocycles. The summed E-state index contributed by atoms with van der Waals surface area (Å²) in [5, 5.41) is 0. The predicted molar refractivity (Wildman–Crippen MR) is 64.5 cm³/mol. The van der Waals surface area contributed by atoms with Gasteiger partial charge in [0.1, 0.15) is 12.4 Å². The van der Waals surface area contributed by atoms with E-state index in [-0.39, 0.29) is 26.0 Å². The lowest BCUT2D eigenvalue weighted by Gasteiger charge is -2.12. The molecule has 0 aliphatic rings. The van der Waals surface area contributed by atoms with Crippen molar-refractivity contribution in [2.75, 3.05) is 33.1 Å². The molecule has 0 aliphatic heterocycles. The van der Waals surface area contributed by atoms with Gasteiger partial charge >= 0.3 is 7.60 Å². The zero-order valence-electron chi connectivity index (χ0n) is 9.74. The molecule has 0 radical (unpaired) electrons. The minimum atomic E-state index is -3.54. The van der Waals surface area contributed by atoms with Crippen LogP contribution in [0.15, 0.2) is 30.3 Å². The summed E-state index contributed by atoms with van der Waals surface area (Å²) in [4.78, 5) is 9.34. The van der Waals surface area contributed by atoms with Crippen molar-refractivity contribution in [2.24, 2.45) is 0 Å². The molecule has 0 spiro atoms. The van der Waals surface area contributed by atoms with E-state index in [1.165, 1.54) is 7.11 Å². The molecule has 0 heterocycles. The maximum Gasteiger partial charge on any atom is 0.330 e. The fourth-order valence-electron chi connectivity index (χ4n) is 1.13. The van der Waals surface area contributed by atoms with Gasteiger partial charge in [-0.1, -0.05) is 18.2 Å². The van der Waals surface area contributed by atoms with Crippen molar-refractivity contribution in [1.82, 2.24) is 0 Å². The molecule has 1 unspecified atom stereocenters. The average Bonchev–Trinajstić information content (AvgIpc) is 2.34. The number of hydrogen-bond donors (Lipinski definition) is 1. The van der Waals surface area contributed by atoms with E-state index in [1.807, 2.05) is 30.3 Å². The van der Waals surface area contributed by atoms with E-state index in [9.17, 15) is 9.46 Å². The number of hydrogen-bond acceptors (Lipinski definition) is 4. The van der Waals surface area contributed by atoms with Crippen LogP contribution in [-0.2, 0) is 13.8 Å². The van der Waals surface area contributed by atoms with Crippen molar-refractivity contribution in [3.63, 3.8) is 0 Å². The SMILES string of the molecule is COCCP(=O)(O)OCCOc1ccccc1. The maximum atomic E-state index is 11.4. The van der Waals surface area contributed by atoms with E-state index in [1.54, 1.807) is 0 Å². The van der Waals surface area contributed by atoms with Gasteiger partial charge in [0, 0.05) is 7.11 Å². The van der Waals surface area contributed by atoms with Crippen molar-refractivity contribution >= 4 is 7.60 Å². The molecule has 0 saturated carbocycles. The molecule has 1 N–H and O–H groups in total. The lowest BCUT2D eigenvalue weighted by atomic mass is 10.3. The Morgan fingerprint density at radius 1 is 1.18 bits per heavy atom.